The minimum Gasteiger partial charge on any atom is -0.383 e. The zero-order valence-corrected chi connectivity index (χ0v) is 15.4. The lowest BCUT2D eigenvalue weighted by atomic mass is 10.1. The number of rotatable bonds is 7. The number of aromatic nitrogens is 2. The molecule has 0 unspecified atom stereocenters. The van der Waals surface area contributed by atoms with Crippen molar-refractivity contribution in [3.8, 4) is 11.3 Å². The molecule has 1 aromatic heterocycles. The molecule has 0 spiro atoms. The smallest absolute Gasteiger partial charge is 0.269 e. The minimum atomic E-state index is -0.808. The van der Waals surface area contributed by atoms with Gasteiger partial charge >= 0.3 is 0 Å². The van der Waals surface area contributed by atoms with Gasteiger partial charge < -0.3 is 10.6 Å². The molecular formula is C19H17F2N5O3. The molecule has 0 aliphatic carbocycles. The van der Waals surface area contributed by atoms with Crippen LogP contribution in [-0.4, -0.2) is 33.7 Å². The second-order valence-electron chi connectivity index (χ2n) is 6.18. The molecular weight excluding hydrogens is 384 g/mol. The Balaban J connectivity index is 1.62. The monoisotopic (exact) mass is 401 g/mol. The van der Waals surface area contributed by atoms with E-state index in [2.05, 4.69) is 15.7 Å². The maximum atomic E-state index is 14.1. The number of carbonyl (C=O) groups is 1. The molecule has 3 aromatic rings. The molecule has 0 saturated heterocycles. The summed E-state index contributed by atoms with van der Waals surface area (Å²) in [5.41, 5.74) is 0.960. The molecule has 0 bridgehead atoms. The van der Waals surface area contributed by atoms with E-state index in [1.165, 1.54) is 29.1 Å². The largest absolute Gasteiger partial charge is 0.383 e. The molecule has 150 valence electrons. The zero-order chi connectivity index (χ0) is 21.0. The Labute approximate surface area is 164 Å². The van der Waals surface area contributed by atoms with Crippen LogP contribution < -0.4 is 10.6 Å². The normalized spacial score (nSPS) is 10.6. The van der Waals surface area contributed by atoms with Gasteiger partial charge in [0.1, 0.15) is 17.3 Å². The van der Waals surface area contributed by atoms with E-state index >= 15 is 0 Å². The van der Waals surface area contributed by atoms with E-state index in [9.17, 15) is 23.7 Å². The number of nitro benzene ring substituents is 1. The second kappa shape index (κ2) is 8.46. The highest BCUT2D eigenvalue weighted by Crippen LogP contribution is 2.25. The fourth-order valence-electron chi connectivity index (χ4n) is 2.71. The third kappa shape index (κ3) is 4.72. The van der Waals surface area contributed by atoms with Crippen LogP contribution in [0.1, 0.15) is 10.4 Å². The number of aryl methyl sites for hydroxylation is 1. The highest BCUT2D eigenvalue weighted by molar-refractivity contribution is 5.99. The number of non-ortho nitro benzene ring substituents is 1. The van der Waals surface area contributed by atoms with Crippen LogP contribution in [0, 0.1) is 21.7 Å². The second-order valence-corrected chi connectivity index (χ2v) is 6.18. The van der Waals surface area contributed by atoms with Crippen molar-refractivity contribution in [1.82, 2.24) is 15.1 Å². The average molecular weight is 401 g/mol. The van der Waals surface area contributed by atoms with Gasteiger partial charge in [-0.2, -0.15) is 5.10 Å². The Hall–Kier alpha value is -3.82. The lowest BCUT2D eigenvalue weighted by molar-refractivity contribution is -0.384. The molecule has 1 amide bonds. The van der Waals surface area contributed by atoms with Crippen molar-refractivity contribution in [3.63, 3.8) is 0 Å². The van der Waals surface area contributed by atoms with Crippen molar-refractivity contribution in [1.29, 1.82) is 0 Å². The Morgan fingerprint density at radius 2 is 1.90 bits per heavy atom. The molecule has 0 radical (unpaired) electrons. The third-order valence-corrected chi connectivity index (χ3v) is 4.08. The predicted octanol–water partition coefficient (Wildman–Crippen LogP) is 3.12. The summed E-state index contributed by atoms with van der Waals surface area (Å²) in [5, 5.41) is 20.5. The van der Waals surface area contributed by atoms with Gasteiger partial charge in [0.05, 0.1) is 10.5 Å². The average Bonchev–Trinajstić information content (AvgIpc) is 3.07. The molecule has 8 nitrogen and oxygen atoms in total. The van der Waals surface area contributed by atoms with Crippen LogP contribution >= 0.6 is 0 Å². The summed E-state index contributed by atoms with van der Waals surface area (Å²) in [5.74, 6) is -1.98. The topological polar surface area (TPSA) is 102 Å². The highest BCUT2D eigenvalue weighted by atomic mass is 19.1. The van der Waals surface area contributed by atoms with Gasteiger partial charge in [-0.25, -0.2) is 8.78 Å². The van der Waals surface area contributed by atoms with Gasteiger partial charge in [0.15, 0.2) is 0 Å². The van der Waals surface area contributed by atoms with E-state index in [0.717, 1.165) is 12.1 Å². The first-order chi connectivity index (χ1) is 13.8. The van der Waals surface area contributed by atoms with Gasteiger partial charge in [-0.05, 0) is 24.3 Å². The van der Waals surface area contributed by atoms with Gasteiger partial charge in [-0.1, -0.05) is 0 Å². The number of benzene rings is 2. The maximum Gasteiger partial charge on any atom is 0.269 e. The quantitative estimate of drug-likeness (QED) is 0.360. The van der Waals surface area contributed by atoms with Gasteiger partial charge in [0.2, 0.25) is 0 Å². The molecule has 0 aliphatic rings. The van der Waals surface area contributed by atoms with Crippen LogP contribution in [0.5, 0.6) is 0 Å². The van der Waals surface area contributed by atoms with Gasteiger partial charge in [0.25, 0.3) is 11.6 Å². The first-order valence-corrected chi connectivity index (χ1v) is 8.61. The van der Waals surface area contributed by atoms with Crippen LogP contribution in [0.4, 0.5) is 20.2 Å². The van der Waals surface area contributed by atoms with E-state index in [1.54, 1.807) is 19.2 Å². The fraction of sp³-hybridized carbons (Fsp3) is 0.158. The summed E-state index contributed by atoms with van der Waals surface area (Å²) >= 11 is 0. The molecule has 3 rings (SSSR count). The first kappa shape index (κ1) is 19.9. The van der Waals surface area contributed by atoms with E-state index in [-0.39, 0.29) is 29.1 Å². The van der Waals surface area contributed by atoms with Crippen LogP contribution in [0.3, 0.4) is 0 Å². The number of hydrogen-bond donors (Lipinski definition) is 2. The first-order valence-electron chi connectivity index (χ1n) is 8.61. The summed E-state index contributed by atoms with van der Waals surface area (Å²) in [6.45, 7) is 0.611. The molecule has 0 saturated carbocycles. The Kier molecular flexibility index (Phi) is 5.82. The van der Waals surface area contributed by atoms with Crippen molar-refractivity contribution in [2.24, 2.45) is 7.05 Å². The van der Waals surface area contributed by atoms with Crippen molar-refractivity contribution in [2.45, 2.75) is 0 Å². The highest BCUT2D eigenvalue weighted by Gasteiger charge is 2.19. The number of amides is 1. The number of halogens is 2. The van der Waals surface area contributed by atoms with Crippen molar-refractivity contribution < 1.29 is 18.5 Å². The number of nitrogens with zero attached hydrogens (tertiary/aromatic N) is 3. The third-order valence-electron chi connectivity index (χ3n) is 4.08. The predicted molar refractivity (Wildman–Crippen MR) is 102 cm³/mol. The summed E-state index contributed by atoms with van der Waals surface area (Å²) in [6, 6.07) is 8.95. The minimum absolute atomic E-state index is 0.0130. The van der Waals surface area contributed by atoms with Crippen LogP contribution in [0.15, 0.2) is 48.7 Å². The summed E-state index contributed by atoms with van der Waals surface area (Å²) < 4.78 is 28.6. The maximum absolute atomic E-state index is 14.1. The van der Waals surface area contributed by atoms with Crippen LogP contribution in [0.25, 0.3) is 11.3 Å². The molecule has 10 heteroatoms. The summed E-state index contributed by atoms with van der Waals surface area (Å²) in [7, 11) is 1.60. The number of carbonyl (C=O) groups excluding carboxylic acids is 1. The van der Waals surface area contributed by atoms with Crippen molar-refractivity contribution >= 4 is 17.3 Å². The van der Waals surface area contributed by atoms with E-state index < -0.39 is 22.5 Å². The number of nitro groups is 1. The summed E-state index contributed by atoms with van der Waals surface area (Å²) in [6.07, 6.45) is 1.46. The molecule has 0 atom stereocenters. The standard InChI is InChI=1S/C19H17F2N5O3/c1-25-11-16(18(24-25)15-7-2-12(20)10-17(15)21)19(27)23-9-8-22-13-3-5-14(6-4-13)26(28)29/h2-7,10-11,22H,8-9H2,1H3,(H,23,27). The van der Waals surface area contributed by atoms with Crippen LogP contribution in [-0.2, 0) is 7.05 Å². The van der Waals surface area contributed by atoms with E-state index in [1.807, 2.05) is 0 Å². The number of anilines is 1. The van der Waals surface area contributed by atoms with E-state index in [0.29, 0.717) is 12.2 Å². The molecule has 29 heavy (non-hydrogen) atoms. The van der Waals surface area contributed by atoms with Gasteiger partial charge in [0, 0.05) is 55.8 Å². The lowest BCUT2D eigenvalue weighted by Crippen LogP contribution is -2.29. The SMILES string of the molecule is Cn1cc(C(=O)NCCNc2ccc([N+](=O)[O-])cc2)c(-c2ccc(F)cc2F)n1. The molecule has 0 aliphatic heterocycles. The summed E-state index contributed by atoms with van der Waals surface area (Å²) in [4.78, 5) is 22.7. The Morgan fingerprint density at radius 1 is 1.17 bits per heavy atom. The Morgan fingerprint density at radius 3 is 2.55 bits per heavy atom. The van der Waals surface area contributed by atoms with Gasteiger partial charge in [-0.15, -0.1) is 0 Å². The van der Waals surface area contributed by atoms with Gasteiger partial charge in [-0.3, -0.25) is 19.6 Å². The number of nitrogens with one attached hydrogen (secondary N) is 2. The number of hydrogen-bond acceptors (Lipinski definition) is 5. The van der Waals surface area contributed by atoms with E-state index in [4.69, 9.17) is 0 Å². The fourth-order valence-corrected chi connectivity index (χ4v) is 2.71. The molecule has 1 heterocycles. The van der Waals surface area contributed by atoms with Crippen molar-refractivity contribution in [3.05, 3.63) is 76.0 Å². The van der Waals surface area contributed by atoms with Crippen LogP contribution in [0.2, 0.25) is 0 Å². The molecule has 2 N–H and O–H groups in total. The molecule has 0 fully saturated rings. The zero-order valence-electron chi connectivity index (χ0n) is 15.4. The lowest BCUT2D eigenvalue weighted by Gasteiger charge is -2.08. The molecule has 2 aromatic carbocycles. The Bertz CT molecular complexity index is 1050. The van der Waals surface area contributed by atoms with Crippen molar-refractivity contribution in [2.75, 3.05) is 18.4 Å².